The lowest BCUT2D eigenvalue weighted by molar-refractivity contribution is 0.0882. The molecule has 2 saturated carbocycles. The van der Waals surface area contributed by atoms with Gasteiger partial charge in [-0.25, -0.2) is 4.98 Å². The highest BCUT2D eigenvalue weighted by molar-refractivity contribution is 7.13. The second-order valence-electron chi connectivity index (χ2n) is 10.2. The lowest BCUT2D eigenvalue weighted by atomic mass is 10.1. The number of hydrogen-bond acceptors (Lipinski definition) is 6. The van der Waals surface area contributed by atoms with Crippen LogP contribution < -0.4 is 9.47 Å². The molecule has 0 atom stereocenters. The van der Waals surface area contributed by atoms with E-state index in [-0.39, 0.29) is 23.7 Å². The van der Waals surface area contributed by atoms with E-state index < -0.39 is 0 Å². The van der Waals surface area contributed by atoms with Gasteiger partial charge in [-0.2, -0.15) is 0 Å². The van der Waals surface area contributed by atoms with E-state index >= 15 is 0 Å². The van der Waals surface area contributed by atoms with Crippen LogP contribution in [0, 0.1) is 18.8 Å². The summed E-state index contributed by atoms with van der Waals surface area (Å²) in [5.41, 5.74) is 5.27. The van der Waals surface area contributed by atoms with Crippen LogP contribution in [0.15, 0.2) is 48.0 Å². The number of benzene rings is 2. The summed E-state index contributed by atoms with van der Waals surface area (Å²) in [4.78, 5) is 31.5. The number of hydrogen-bond donors (Lipinski definition) is 0. The Bertz CT molecular complexity index is 1770. The number of ether oxygens (including phenoxy) is 2. The van der Waals surface area contributed by atoms with Gasteiger partial charge < -0.3 is 9.47 Å². The normalized spacial score (nSPS) is 15.3. The number of methoxy groups -OCH3 is 2. The van der Waals surface area contributed by atoms with Crippen molar-refractivity contribution in [3.05, 3.63) is 53.7 Å². The third kappa shape index (κ3) is 3.58. The van der Waals surface area contributed by atoms with Gasteiger partial charge in [-0.15, -0.1) is 11.3 Å². The van der Waals surface area contributed by atoms with Crippen molar-refractivity contribution in [2.24, 2.45) is 11.8 Å². The maximum absolute atomic E-state index is 13.3. The minimum absolute atomic E-state index is 0.0873. The summed E-state index contributed by atoms with van der Waals surface area (Å²) in [5, 5.41) is 4.78. The Morgan fingerprint density at radius 1 is 0.895 bits per heavy atom. The highest BCUT2D eigenvalue weighted by Crippen LogP contribution is 2.43. The summed E-state index contributed by atoms with van der Waals surface area (Å²) < 4.78 is 14.6. The van der Waals surface area contributed by atoms with E-state index in [1.54, 1.807) is 30.1 Å². The highest BCUT2D eigenvalue weighted by atomic mass is 32.1. The Kier molecular flexibility index (Phi) is 5.23. The second-order valence-corrected chi connectivity index (χ2v) is 11.1. The van der Waals surface area contributed by atoms with Crippen LogP contribution in [-0.2, 0) is 0 Å². The highest BCUT2D eigenvalue weighted by Gasteiger charge is 2.34. The Hall–Kier alpha value is -3.91. The molecule has 0 aliphatic heterocycles. The van der Waals surface area contributed by atoms with Crippen LogP contribution in [0.3, 0.4) is 0 Å². The van der Waals surface area contributed by atoms with E-state index in [0.29, 0.717) is 5.75 Å². The quantitative estimate of drug-likeness (QED) is 0.243. The Labute approximate surface area is 223 Å². The molecule has 38 heavy (non-hydrogen) atoms. The third-order valence-electron chi connectivity index (χ3n) is 7.73. The average molecular weight is 526 g/mol. The number of carbonyl (C=O) groups excluding carboxylic acids is 2. The van der Waals surface area contributed by atoms with Crippen molar-refractivity contribution in [2.45, 2.75) is 32.6 Å². The van der Waals surface area contributed by atoms with Crippen molar-refractivity contribution in [3.8, 4) is 33.3 Å². The second kappa shape index (κ2) is 8.56. The molecule has 5 aromatic rings. The van der Waals surface area contributed by atoms with E-state index in [2.05, 4.69) is 0 Å². The van der Waals surface area contributed by atoms with Gasteiger partial charge >= 0.3 is 0 Å². The van der Waals surface area contributed by atoms with Gasteiger partial charge in [-0.05, 0) is 62.9 Å². The van der Waals surface area contributed by atoms with Gasteiger partial charge in [0.2, 0.25) is 11.8 Å². The van der Waals surface area contributed by atoms with Crippen LogP contribution in [0.4, 0.5) is 0 Å². The summed E-state index contributed by atoms with van der Waals surface area (Å²) in [6.07, 6.45) is 5.68. The number of fused-ring (bicyclic) bond motifs is 2. The number of aromatic nitrogens is 3. The van der Waals surface area contributed by atoms with Gasteiger partial charge in [0, 0.05) is 57.1 Å². The van der Waals surface area contributed by atoms with Gasteiger partial charge in [0.1, 0.15) is 16.5 Å². The van der Waals surface area contributed by atoms with Crippen LogP contribution in [0.2, 0.25) is 0 Å². The lowest BCUT2D eigenvalue weighted by Crippen LogP contribution is -2.13. The Morgan fingerprint density at radius 2 is 1.58 bits per heavy atom. The number of thiazole rings is 1. The summed E-state index contributed by atoms with van der Waals surface area (Å²) in [5.74, 6) is 1.90. The number of carbonyl (C=O) groups is 2. The smallest absolute Gasteiger partial charge is 0.234 e. The van der Waals surface area contributed by atoms with Crippen LogP contribution in [0.5, 0.6) is 11.5 Å². The van der Waals surface area contributed by atoms with Crippen molar-refractivity contribution < 1.29 is 19.1 Å². The van der Waals surface area contributed by atoms with Gasteiger partial charge in [0.15, 0.2) is 0 Å². The van der Waals surface area contributed by atoms with Crippen LogP contribution >= 0.6 is 11.3 Å². The molecule has 8 heteroatoms. The summed E-state index contributed by atoms with van der Waals surface area (Å²) >= 11 is 1.54. The zero-order valence-corrected chi connectivity index (χ0v) is 22.3. The minimum Gasteiger partial charge on any atom is -0.497 e. The molecule has 0 amide bonds. The fraction of sp³-hybridized carbons (Fsp3) is 0.300. The third-order valence-corrected chi connectivity index (χ3v) is 8.60. The predicted molar refractivity (Wildman–Crippen MR) is 149 cm³/mol. The molecule has 2 aliphatic carbocycles. The standard InChI is InChI=1S/C30H27N3O4S/c1-16-27(22-12-19(36-2)9-11-25(22)33(16)30(35)18-6-7-18)24-15-38-28(31-24)23-14-32(29(34)17-4-5-17)26-13-20(37-3)8-10-21(23)26/h8-15,17-18H,4-7H2,1-3H3. The van der Waals surface area contributed by atoms with Crippen molar-refractivity contribution in [1.82, 2.24) is 14.1 Å². The molecular formula is C30H27N3O4S. The molecule has 2 aliphatic rings. The molecule has 7 rings (SSSR count). The molecule has 0 radical (unpaired) electrons. The zero-order valence-electron chi connectivity index (χ0n) is 21.5. The van der Waals surface area contributed by atoms with Gasteiger partial charge in [-0.1, -0.05) is 0 Å². The average Bonchev–Trinajstić information content (AvgIpc) is 3.86. The minimum atomic E-state index is 0.0873. The predicted octanol–water partition coefficient (Wildman–Crippen LogP) is 6.81. The van der Waals surface area contributed by atoms with Gasteiger partial charge in [0.05, 0.1) is 30.9 Å². The monoisotopic (exact) mass is 525 g/mol. The van der Waals surface area contributed by atoms with Crippen LogP contribution in [0.1, 0.15) is 41.0 Å². The summed E-state index contributed by atoms with van der Waals surface area (Å²) in [6, 6.07) is 11.7. The summed E-state index contributed by atoms with van der Waals surface area (Å²) in [6.45, 7) is 1.99. The molecule has 0 unspecified atom stereocenters. The molecule has 3 heterocycles. The van der Waals surface area contributed by atoms with E-state index in [1.165, 1.54) is 0 Å². The molecule has 0 N–H and O–H groups in total. The Morgan fingerprint density at radius 3 is 2.29 bits per heavy atom. The van der Waals surface area contributed by atoms with E-state index in [1.807, 2.05) is 59.5 Å². The topological polar surface area (TPSA) is 75.3 Å². The first-order chi connectivity index (χ1) is 18.5. The molecule has 0 bridgehead atoms. The van der Waals surface area contributed by atoms with Crippen molar-refractivity contribution >= 4 is 45.0 Å². The lowest BCUT2D eigenvalue weighted by Gasteiger charge is -2.06. The number of rotatable bonds is 6. The number of nitrogens with zero attached hydrogens (tertiary/aromatic N) is 3. The fourth-order valence-corrected chi connectivity index (χ4v) is 6.21. The fourth-order valence-electron chi connectivity index (χ4n) is 5.37. The van der Waals surface area contributed by atoms with Crippen molar-refractivity contribution in [1.29, 1.82) is 0 Å². The first-order valence-electron chi connectivity index (χ1n) is 12.9. The zero-order chi connectivity index (χ0) is 26.1. The summed E-state index contributed by atoms with van der Waals surface area (Å²) in [7, 11) is 3.28. The van der Waals surface area contributed by atoms with Gasteiger partial charge in [-0.3, -0.25) is 18.7 Å². The van der Waals surface area contributed by atoms with E-state index in [4.69, 9.17) is 14.5 Å². The maximum Gasteiger partial charge on any atom is 0.234 e. The van der Waals surface area contributed by atoms with Crippen molar-refractivity contribution in [3.63, 3.8) is 0 Å². The molecule has 7 nitrogen and oxygen atoms in total. The van der Waals surface area contributed by atoms with Crippen molar-refractivity contribution in [2.75, 3.05) is 14.2 Å². The first-order valence-corrected chi connectivity index (χ1v) is 13.8. The van der Waals surface area contributed by atoms with Crippen LogP contribution in [0.25, 0.3) is 43.6 Å². The van der Waals surface area contributed by atoms with Crippen LogP contribution in [-0.4, -0.2) is 40.2 Å². The molecule has 2 fully saturated rings. The molecule has 2 aromatic carbocycles. The molecular weight excluding hydrogens is 498 g/mol. The van der Waals surface area contributed by atoms with E-state index in [0.717, 1.165) is 80.8 Å². The first kappa shape index (κ1) is 23.2. The largest absolute Gasteiger partial charge is 0.497 e. The molecule has 3 aromatic heterocycles. The van der Waals surface area contributed by atoms with E-state index in [9.17, 15) is 9.59 Å². The molecule has 0 spiro atoms. The molecule has 0 saturated heterocycles. The van der Waals surface area contributed by atoms with Gasteiger partial charge in [0.25, 0.3) is 0 Å². The SMILES string of the molecule is COc1ccc2c(c1)c(-c1csc(-c3cn(C(=O)C4CC4)c4cc(OC)ccc34)n1)c(C)n2C(=O)C1CC1. The Balaban J connectivity index is 1.39. The molecule has 192 valence electrons. The maximum atomic E-state index is 13.3.